The molecule has 1 unspecified atom stereocenters. The minimum atomic E-state index is -0.943. The zero-order valence-electron chi connectivity index (χ0n) is 19.1. The molecule has 0 aliphatic carbocycles. The zero-order chi connectivity index (χ0) is 22.6. The Kier molecular flexibility index (Phi) is 7.58. The Bertz CT molecular complexity index is 756. The highest BCUT2D eigenvalue weighted by Crippen LogP contribution is 2.42. The van der Waals surface area contributed by atoms with Crippen molar-refractivity contribution in [2.24, 2.45) is 5.92 Å². The minimum absolute atomic E-state index is 0.201. The van der Waals surface area contributed by atoms with E-state index in [1.807, 2.05) is 13.8 Å². The summed E-state index contributed by atoms with van der Waals surface area (Å²) in [6.45, 7) is 9.41. The average Bonchev–Trinajstić information content (AvgIpc) is 3.03. The molecule has 0 bridgehead atoms. The Hall–Kier alpha value is -2.48. The van der Waals surface area contributed by atoms with Crippen LogP contribution in [0.2, 0.25) is 0 Å². The van der Waals surface area contributed by atoms with Crippen molar-refractivity contribution in [1.29, 1.82) is 0 Å². The fourth-order valence-corrected chi connectivity index (χ4v) is 3.46. The molecule has 1 heterocycles. The predicted octanol–water partition coefficient (Wildman–Crippen LogP) is 3.93. The number of benzene rings is 1. The van der Waals surface area contributed by atoms with Crippen molar-refractivity contribution in [1.82, 2.24) is 4.90 Å². The molecule has 8 heteroatoms. The first-order valence-corrected chi connectivity index (χ1v) is 9.98. The number of ether oxygens (including phenoxy) is 5. The van der Waals surface area contributed by atoms with Gasteiger partial charge in [0.2, 0.25) is 0 Å². The zero-order valence-corrected chi connectivity index (χ0v) is 19.1. The Morgan fingerprint density at radius 2 is 1.80 bits per heavy atom. The molecular weight excluding hydrogens is 390 g/mol. The Morgan fingerprint density at radius 3 is 2.30 bits per heavy atom. The first-order chi connectivity index (χ1) is 14.0. The van der Waals surface area contributed by atoms with E-state index in [-0.39, 0.29) is 5.92 Å². The molecule has 8 nitrogen and oxygen atoms in total. The van der Waals surface area contributed by atoms with Gasteiger partial charge in [-0.05, 0) is 45.2 Å². The van der Waals surface area contributed by atoms with Crippen LogP contribution in [-0.4, -0.2) is 56.0 Å². The molecule has 0 aromatic heterocycles. The van der Waals surface area contributed by atoms with Crippen molar-refractivity contribution in [3.8, 4) is 11.5 Å². The smallest absolute Gasteiger partial charge is 0.413 e. The quantitative estimate of drug-likeness (QED) is 0.641. The van der Waals surface area contributed by atoms with E-state index in [9.17, 15) is 9.59 Å². The van der Waals surface area contributed by atoms with Crippen LogP contribution in [0, 0.1) is 5.92 Å². The molecule has 30 heavy (non-hydrogen) atoms. The molecule has 1 aliphatic rings. The second-order valence-electron chi connectivity index (χ2n) is 8.62. The van der Waals surface area contributed by atoms with Gasteiger partial charge in [-0.2, -0.15) is 0 Å². The van der Waals surface area contributed by atoms with Crippen molar-refractivity contribution < 1.29 is 33.3 Å². The molecule has 3 atom stereocenters. The molecule has 1 aliphatic heterocycles. The molecule has 168 valence electrons. The molecule has 1 saturated heterocycles. The van der Waals surface area contributed by atoms with Gasteiger partial charge in [0.05, 0.1) is 27.4 Å². The van der Waals surface area contributed by atoms with Crippen LogP contribution >= 0.6 is 0 Å². The molecule has 0 radical (unpaired) electrons. The van der Waals surface area contributed by atoms with E-state index < -0.39 is 36.0 Å². The fourth-order valence-electron chi connectivity index (χ4n) is 3.46. The van der Waals surface area contributed by atoms with Gasteiger partial charge in [-0.1, -0.05) is 13.8 Å². The van der Waals surface area contributed by atoms with Crippen LogP contribution < -0.4 is 9.47 Å². The van der Waals surface area contributed by atoms with Gasteiger partial charge in [0, 0.05) is 11.6 Å². The Morgan fingerprint density at radius 1 is 1.13 bits per heavy atom. The maximum atomic E-state index is 13.2. The maximum Gasteiger partial charge on any atom is 0.413 e. The van der Waals surface area contributed by atoms with Crippen molar-refractivity contribution in [3.63, 3.8) is 0 Å². The molecule has 1 aromatic rings. The van der Waals surface area contributed by atoms with Gasteiger partial charge in [0.25, 0.3) is 0 Å². The van der Waals surface area contributed by atoms with E-state index in [1.54, 1.807) is 46.1 Å². The van der Waals surface area contributed by atoms with Gasteiger partial charge in [-0.15, -0.1) is 0 Å². The Balaban J connectivity index is 2.57. The first-order valence-electron chi connectivity index (χ1n) is 9.98. The highest BCUT2D eigenvalue weighted by molar-refractivity contribution is 5.78. The van der Waals surface area contributed by atoms with Crippen LogP contribution in [0.5, 0.6) is 11.5 Å². The topological polar surface area (TPSA) is 83.5 Å². The summed E-state index contributed by atoms with van der Waals surface area (Å²) in [7, 11) is 4.38. The number of rotatable bonds is 6. The van der Waals surface area contributed by atoms with E-state index >= 15 is 0 Å². The number of carbonyl (C=O) groups is 2. The van der Waals surface area contributed by atoms with Crippen LogP contribution in [0.1, 0.15) is 52.8 Å². The predicted molar refractivity (Wildman–Crippen MR) is 110 cm³/mol. The summed E-state index contributed by atoms with van der Waals surface area (Å²) in [6, 6.07) is 4.65. The van der Waals surface area contributed by atoms with Crippen LogP contribution in [-0.2, 0) is 19.0 Å². The van der Waals surface area contributed by atoms with Gasteiger partial charge in [-0.25, -0.2) is 9.59 Å². The number of carbonyl (C=O) groups excluding carboxylic acids is 2. The minimum Gasteiger partial charge on any atom is -0.497 e. The van der Waals surface area contributed by atoms with Gasteiger partial charge >= 0.3 is 12.1 Å². The molecule has 0 saturated carbocycles. The van der Waals surface area contributed by atoms with Crippen molar-refractivity contribution in [2.45, 2.75) is 65.0 Å². The number of hydrogen-bond acceptors (Lipinski definition) is 7. The summed E-state index contributed by atoms with van der Waals surface area (Å²) in [5.74, 6) is 0.735. The van der Waals surface area contributed by atoms with Crippen molar-refractivity contribution >= 4 is 12.1 Å². The molecule has 0 N–H and O–H groups in total. The summed E-state index contributed by atoms with van der Waals surface area (Å²) in [6.07, 6.45) is -1.86. The summed E-state index contributed by atoms with van der Waals surface area (Å²) in [4.78, 5) is 27.2. The van der Waals surface area contributed by atoms with Crippen molar-refractivity contribution in [2.75, 3.05) is 21.3 Å². The summed E-state index contributed by atoms with van der Waals surface area (Å²) in [5, 5.41) is 0. The van der Waals surface area contributed by atoms with Crippen LogP contribution in [0.25, 0.3) is 0 Å². The lowest BCUT2D eigenvalue weighted by Crippen LogP contribution is -2.46. The third-order valence-corrected chi connectivity index (χ3v) is 4.69. The third-order valence-electron chi connectivity index (χ3n) is 4.69. The molecule has 1 aromatic carbocycles. The number of hydrogen-bond donors (Lipinski definition) is 0. The fraction of sp³-hybridized carbons (Fsp3) is 0.636. The lowest BCUT2D eigenvalue weighted by atomic mass is 9.98. The SMILES string of the molecule is COC(=O)[C@@H]1OC(c2ccc(OC)cc2OC)N(C(=O)OC(C)(C)C)[C@H]1CC(C)C. The van der Waals surface area contributed by atoms with Crippen LogP contribution in [0.4, 0.5) is 4.79 Å². The largest absolute Gasteiger partial charge is 0.497 e. The molecule has 0 spiro atoms. The van der Waals surface area contributed by atoms with Gasteiger partial charge in [-0.3, -0.25) is 4.90 Å². The molecular formula is C22H33NO7. The number of methoxy groups -OCH3 is 3. The lowest BCUT2D eigenvalue weighted by molar-refractivity contribution is -0.154. The molecule has 2 rings (SSSR count). The Labute approximate surface area is 178 Å². The van der Waals surface area contributed by atoms with E-state index in [0.29, 0.717) is 23.5 Å². The van der Waals surface area contributed by atoms with Crippen molar-refractivity contribution in [3.05, 3.63) is 23.8 Å². The monoisotopic (exact) mass is 423 g/mol. The van der Waals surface area contributed by atoms with Gasteiger partial charge in [0.15, 0.2) is 12.3 Å². The second kappa shape index (κ2) is 9.55. The van der Waals surface area contributed by atoms with E-state index in [0.717, 1.165) is 0 Å². The van der Waals surface area contributed by atoms with Crippen LogP contribution in [0.3, 0.4) is 0 Å². The van der Waals surface area contributed by atoms with Gasteiger partial charge in [0.1, 0.15) is 17.1 Å². The highest BCUT2D eigenvalue weighted by Gasteiger charge is 2.51. The first kappa shape index (κ1) is 23.8. The summed E-state index contributed by atoms with van der Waals surface area (Å²) >= 11 is 0. The van der Waals surface area contributed by atoms with E-state index in [4.69, 9.17) is 23.7 Å². The lowest BCUT2D eigenvalue weighted by Gasteiger charge is -2.32. The standard InChI is InChI=1S/C22H33NO7/c1-13(2)11-16-18(20(24)28-8)29-19(23(16)21(25)30-22(3,4)5)15-10-9-14(26-6)12-17(15)27-7/h9-10,12-13,16,18-19H,11H2,1-8H3/t16-,18+,19?/m0/s1. The second-order valence-corrected chi connectivity index (χ2v) is 8.62. The molecule has 1 fully saturated rings. The number of amides is 1. The summed E-state index contributed by atoms with van der Waals surface area (Å²) < 4.78 is 27.5. The van der Waals surface area contributed by atoms with E-state index in [1.165, 1.54) is 19.1 Å². The highest BCUT2D eigenvalue weighted by atomic mass is 16.6. The van der Waals surface area contributed by atoms with Crippen LogP contribution in [0.15, 0.2) is 18.2 Å². The molecule has 1 amide bonds. The summed E-state index contributed by atoms with van der Waals surface area (Å²) in [5.41, 5.74) is -0.124. The number of esters is 1. The third kappa shape index (κ3) is 5.36. The normalized spacial score (nSPS) is 21.5. The number of nitrogens with zero attached hydrogens (tertiary/aromatic N) is 1. The maximum absolute atomic E-state index is 13.2. The van der Waals surface area contributed by atoms with E-state index in [2.05, 4.69) is 0 Å². The van der Waals surface area contributed by atoms with Gasteiger partial charge < -0.3 is 23.7 Å². The average molecular weight is 424 g/mol.